The molecule has 9 heteroatoms. The average Bonchev–Trinajstić information content (AvgIpc) is 3.31. The Hall–Kier alpha value is -3.90. The van der Waals surface area contributed by atoms with Gasteiger partial charge in [0.25, 0.3) is 5.56 Å². The summed E-state index contributed by atoms with van der Waals surface area (Å²) in [5.41, 5.74) is 2.83. The van der Waals surface area contributed by atoms with Gasteiger partial charge in [-0.1, -0.05) is 36.4 Å². The lowest BCUT2D eigenvalue weighted by Crippen LogP contribution is -2.38. The maximum atomic E-state index is 13.5. The Bertz CT molecular complexity index is 1460. The molecule has 1 aliphatic rings. The Labute approximate surface area is 193 Å². The van der Waals surface area contributed by atoms with Crippen molar-refractivity contribution in [1.29, 1.82) is 0 Å². The molecule has 4 aromatic rings. The minimum Gasteiger partial charge on any atom is -0.294 e. The van der Waals surface area contributed by atoms with E-state index in [0.717, 1.165) is 29.9 Å². The molecule has 0 fully saturated rings. The molecule has 2 aromatic heterocycles. The molecule has 0 atom stereocenters. The van der Waals surface area contributed by atoms with Gasteiger partial charge in [-0.2, -0.15) is 13.2 Å². The Morgan fingerprint density at radius 3 is 2.59 bits per heavy atom. The van der Waals surface area contributed by atoms with Crippen molar-refractivity contribution in [2.24, 2.45) is 0 Å². The lowest BCUT2D eigenvalue weighted by atomic mass is 10.0. The van der Waals surface area contributed by atoms with Gasteiger partial charge in [0.2, 0.25) is 5.78 Å². The van der Waals surface area contributed by atoms with Crippen LogP contribution >= 0.6 is 0 Å². The van der Waals surface area contributed by atoms with Gasteiger partial charge < -0.3 is 0 Å². The largest absolute Gasteiger partial charge is 0.416 e. The van der Waals surface area contributed by atoms with Crippen LogP contribution in [0, 0.1) is 6.57 Å². The summed E-state index contributed by atoms with van der Waals surface area (Å²) in [6, 6.07) is 12.3. The zero-order chi connectivity index (χ0) is 23.9. The van der Waals surface area contributed by atoms with Crippen LogP contribution in [0.2, 0.25) is 0 Å². The van der Waals surface area contributed by atoms with Crippen molar-refractivity contribution in [3.8, 4) is 0 Å². The number of imidazole rings is 1. The fraction of sp³-hybridized carbons (Fsp3) is 0.240. The highest BCUT2D eigenvalue weighted by atomic mass is 19.4. The van der Waals surface area contributed by atoms with E-state index >= 15 is 0 Å². The first kappa shape index (κ1) is 21.9. The van der Waals surface area contributed by atoms with Crippen LogP contribution in [0.5, 0.6) is 0 Å². The zero-order valence-electron chi connectivity index (χ0n) is 18.1. The number of nitrogens with zero attached hydrogens (tertiary/aromatic N) is 5. The van der Waals surface area contributed by atoms with Crippen LogP contribution in [0.4, 0.5) is 18.9 Å². The molecule has 0 N–H and O–H groups in total. The van der Waals surface area contributed by atoms with Crippen molar-refractivity contribution >= 4 is 11.5 Å². The Kier molecular flexibility index (Phi) is 5.46. The van der Waals surface area contributed by atoms with Crippen molar-refractivity contribution in [2.45, 2.75) is 32.2 Å². The molecule has 0 radical (unpaired) electrons. The monoisotopic (exact) mass is 463 g/mol. The molecule has 2 aromatic carbocycles. The van der Waals surface area contributed by atoms with Gasteiger partial charge in [-0.15, -0.1) is 0 Å². The smallest absolute Gasteiger partial charge is 0.294 e. The molecule has 34 heavy (non-hydrogen) atoms. The topological polar surface area (TPSA) is 46.9 Å². The van der Waals surface area contributed by atoms with E-state index in [1.54, 1.807) is 12.3 Å². The number of hydrogen-bond acceptors (Lipinski definition) is 3. The summed E-state index contributed by atoms with van der Waals surface area (Å²) in [7, 11) is 0. The first-order valence-electron chi connectivity index (χ1n) is 10.8. The predicted octanol–water partition coefficient (Wildman–Crippen LogP) is 4.67. The summed E-state index contributed by atoms with van der Waals surface area (Å²) in [4.78, 5) is 23.5. The van der Waals surface area contributed by atoms with Crippen LogP contribution in [0.25, 0.3) is 10.6 Å². The van der Waals surface area contributed by atoms with Crippen LogP contribution in [0.15, 0.2) is 65.7 Å². The van der Waals surface area contributed by atoms with E-state index in [2.05, 4.69) is 14.7 Å². The van der Waals surface area contributed by atoms with Gasteiger partial charge in [-0.3, -0.25) is 18.7 Å². The normalized spacial score (nSPS) is 14.2. The Morgan fingerprint density at radius 1 is 1.06 bits per heavy atom. The highest BCUT2D eigenvalue weighted by Gasteiger charge is 2.30. The lowest BCUT2D eigenvalue weighted by molar-refractivity contribution is -0.137. The first-order valence-corrected chi connectivity index (χ1v) is 10.8. The van der Waals surface area contributed by atoms with Gasteiger partial charge in [0.05, 0.1) is 24.2 Å². The highest BCUT2D eigenvalue weighted by molar-refractivity contribution is 5.46. The zero-order valence-corrected chi connectivity index (χ0v) is 18.1. The van der Waals surface area contributed by atoms with E-state index in [1.807, 2.05) is 28.8 Å². The summed E-state index contributed by atoms with van der Waals surface area (Å²) in [5.74, 6) is 0.474. The molecule has 0 bridgehead atoms. The number of hydrogen-bond donors (Lipinski definition) is 0. The minimum absolute atomic E-state index is 0.123. The first-order chi connectivity index (χ1) is 16.3. The molecule has 0 saturated heterocycles. The SMILES string of the molecule is [C-]#[N+]c1cccc(CN2CCc3c(c(=O)n(Cc4ccc(C(F)(F)F)cc4)c4nccn34)C2)c1. The molecular weight excluding hydrogens is 443 g/mol. The third-order valence-corrected chi connectivity index (χ3v) is 6.12. The van der Waals surface area contributed by atoms with Gasteiger partial charge in [0.1, 0.15) is 0 Å². The van der Waals surface area contributed by atoms with Crippen LogP contribution in [0.3, 0.4) is 0 Å². The van der Waals surface area contributed by atoms with Crippen molar-refractivity contribution < 1.29 is 13.2 Å². The maximum Gasteiger partial charge on any atom is 0.416 e. The van der Waals surface area contributed by atoms with Crippen molar-refractivity contribution in [3.05, 3.63) is 111 Å². The highest BCUT2D eigenvalue weighted by Crippen LogP contribution is 2.29. The number of aromatic nitrogens is 3. The number of benzene rings is 2. The Balaban J connectivity index is 1.47. The Morgan fingerprint density at radius 2 is 1.85 bits per heavy atom. The van der Waals surface area contributed by atoms with Crippen molar-refractivity contribution in [2.75, 3.05) is 6.54 Å². The van der Waals surface area contributed by atoms with E-state index in [-0.39, 0.29) is 12.1 Å². The van der Waals surface area contributed by atoms with Crippen LogP contribution < -0.4 is 5.56 Å². The van der Waals surface area contributed by atoms with Crippen LogP contribution in [0.1, 0.15) is 27.9 Å². The molecule has 5 rings (SSSR count). The van der Waals surface area contributed by atoms with E-state index < -0.39 is 11.7 Å². The predicted molar refractivity (Wildman–Crippen MR) is 121 cm³/mol. The van der Waals surface area contributed by atoms with E-state index in [9.17, 15) is 18.0 Å². The maximum absolute atomic E-state index is 13.5. The second kappa shape index (κ2) is 8.47. The fourth-order valence-electron chi connectivity index (χ4n) is 4.47. The molecule has 0 amide bonds. The molecule has 0 spiro atoms. The van der Waals surface area contributed by atoms with Gasteiger partial charge in [-0.05, 0) is 23.3 Å². The third-order valence-electron chi connectivity index (χ3n) is 6.12. The molecule has 6 nitrogen and oxygen atoms in total. The number of fused-ring (bicyclic) bond motifs is 3. The number of rotatable bonds is 4. The van der Waals surface area contributed by atoms with Crippen molar-refractivity contribution in [1.82, 2.24) is 18.9 Å². The van der Waals surface area contributed by atoms with Gasteiger partial charge in [0.15, 0.2) is 5.69 Å². The molecule has 172 valence electrons. The standard InChI is InChI=1S/C25H20F3N5O/c1-29-20-4-2-3-18(13-20)14-31-11-9-22-21(16-31)23(34)33(24-30-10-12-32(22)24)15-17-5-7-19(8-6-17)25(26,27)28/h2-8,10,12-13H,9,11,14-16H2. The summed E-state index contributed by atoms with van der Waals surface area (Å²) in [6.45, 7) is 9.14. The van der Waals surface area contributed by atoms with Gasteiger partial charge in [-0.25, -0.2) is 9.83 Å². The summed E-state index contributed by atoms with van der Waals surface area (Å²) >= 11 is 0. The third kappa shape index (κ3) is 4.08. The lowest BCUT2D eigenvalue weighted by Gasteiger charge is -2.29. The summed E-state index contributed by atoms with van der Waals surface area (Å²) in [6.07, 6.45) is -0.303. The van der Waals surface area contributed by atoms with Gasteiger partial charge >= 0.3 is 6.18 Å². The molecular formula is C25H20F3N5O. The van der Waals surface area contributed by atoms with E-state index in [4.69, 9.17) is 6.57 Å². The molecule has 0 saturated carbocycles. The van der Waals surface area contributed by atoms with Gasteiger partial charge in [0, 0.05) is 44.1 Å². The summed E-state index contributed by atoms with van der Waals surface area (Å²) < 4.78 is 42.2. The van der Waals surface area contributed by atoms with E-state index in [0.29, 0.717) is 42.1 Å². The fourth-order valence-corrected chi connectivity index (χ4v) is 4.47. The van der Waals surface area contributed by atoms with Crippen LogP contribution in [-0.2, 0) is 32.2 Å². The molecule has 1 aliphatic heterocycles. The second-order valence-electron chi connectivity index (χ2n) is 8.35. The average molecular weight is 463 g/mol. The molecule has 3 heterocycles. The molecule has 0 aliphatic carbocycles. The number of alkyl halides is 3. The quantitative estimate of drug-likeness (QED) is 0.413. The van der Waals surface area contributed by atoms with E-state index in [1.165, 1.54) is 16.7 Å². The minimum atomic E-state index is -4.41. The molecule has 0 unspecified atom stereocenters. The van der Waals surface area contributed by atoms with Crippen molar-refractivity contribution in [3.63, 3.8) is 0 Å². The number of halogens is 3. The summed E-state index contributed by atoms with van der Waals surface area (Å²) in [5, 5.41) is 0. The second-order valence-corrected chi connectivity index (χ2v) is 8.35. The van der Waals surface area contributed by atoms with Crippen LogP contribution in [-0.4, -0.2) is 25.4 Å².